The van der Waals surface area contributed by atoms with Crippen LogP contribution in [-0.4, -0.2) is 15.4 Å². The molecule has 0 aliphatic heterocycles. The third kappa shape index (κ3) is 3.28. The van der Waals surface area contributed by atoms with E-state index in [1.165, 1.54) is 16.4 Å². The first kappa shape index (κ1) is 13.0. The summed E-state index contributed by atoms with van der Waals surface area (Å²) in [5.41, 5.74) is 6.21. The quantitative estimate of drug-likeness (QED) is 0.855. The van der Waals surface area contributed by atoms with Gasteiger partial charge in [0.2, 0.25) is 0 Å². The van der Waals surface area contributed by atoms with Gasteiger partial charge in [-0.2, -0.15) is 4.37 Å². The first-order valence-electron chi connectivity index (χ1n) is 5.46. The van der Waals surface area contributed by atoms with Gasteiger partial charge in [0, 0.05) is 10.9 Å². The van der Waals surface area contributed by atoms with Crippen molar-refractivity contribution >= 4 is 34.6 Å². The number of nitrogens with zero attached hydrogens (tertiary/aromatic N) is 2. The lowest BCUT2D eigenvalue weighted by atomic mass is 10.1. The predicted molar refractivity (Wildman–Crippen MR) is 75.8 cm³/mol. The van der Waals surface area contributed by atoms with Crippen LogP contribution in [0.3, 0.4) is 0 Å². The van der Waals surface area contributed by atoms with Gasteiger partial charge in [0.1, 0.15) is 5.82 Å². The second-order valence-electron chi connectivity index (χ2n) is 3.73. The average Bonchev–Trinajstić information content (AvgIpc) is 2.96. The number of thioether (sulfide) groups is 1. The van der Waals surface area contributed by atoms with Crippen molar-refractivity contribution in [3.8, 4) is 0 Å². The molecule has 2 N–H and O–H groups in total. The van der Waals surface area contributed by atoms with E-state index in [1.807, 2.05) is 6.92 Å². The van der Waals surface area contributed by atoms with Crippen LogP contribution in [0.5, 0.6) is 0 Å². The molecule has 2 aromatic rings. The number of rotatable bonds is 5. The van der Waals surface area contributed by atoms with E-state index >= 15 is 0 Å². The van der Waals surface area contributed by atoms with Crippen LogP contribution in [0.4, 0.5) is 0 Å². The van der Waals surface area contributed by atoms with Gasteiger partial charge in [0.25, 0.3) is 0 Å². The van der Waals surface area contributed by atoms with Gasteiger partial charge in [-0.25, -0.2) is 4.98 Å². The SMILES string of the molecule is CCC(N)C(Sc1nc(C)ns1)c1cccs1. The molecule has 6 heteroatoms. The van der Waals surface area contributed by atoms with E-state index in [9.17, 15) is 0 Å². The molecular weight excluding hydrogens is 270 g/mol. The maximum atomic E-state index is 6.21. The zero-order chi connectivity index (χ0) is 12.3. The Morgan fingerprint density at radius 2 is 2.35 bits per heavy atom. The Morgan fingerprint density at radius 1 is 1.53 bits per heavy atom. The van der Waals surface area contributed by atoms with Crippen molar-refractivity contribution in [3.63, 3.8) is 0 Å². The highest BCUT2D eigenvalue weighted by Crippen LogP contribution is 2.40. The third-order valence-corrected chi connectivity index (χ3v) is 5.79. The number of hydrogen-bond donors (Lipinski definition) is 1. The summed E-state index contributed by atoms with van der Waals surface area (Å²) in [6.45, 7) is 4.04. The predicted octanol–water partition coefficient (Wildman–Crippen LogP) is 3.48. The van der Waals surface area contributed by atoms with Crippen LogP contribution in [0.15, 0.2) is 21.9 Å². The molecule has 0 saturated heterocycles. The molecule has 17 heavy (non-hydrogen) atoms. The van der Waals surface area contributed by atoms with Crippen LogP contribution >= 0.6 is 34.6 Å². The zero-order valence-electron chi connectivity index (χ0n) is 9.79. The highest BCUT2D eigenvalue weighted by Gasteiger charge is 2.22. The van der Waals surface area contributed by atoms with E-state index in [1.54, 1.807) is 23.1 Å². The van der Waals surface area contributed by atoms with Gasteiger partial charge >= 0.3 is 0 Å². The summed E-state index contributed by atoms with van der Waals surface area (Å²) in [7, 11) is 0. The summed E-state index contributed by atoms with van der Waals surface area (Å²) >= 11 is 4.94. The van der Waals surface area contributed by atoms with Crippen molar-refractivity contribution in [2.24, 2.45) is 5.73 Å². The molecule has 2 atom stereocenters. The molecule has 0 spiro atoms. The molecule has 2 rings (SSSR count). The maximum absolute atomic E-state index is 6.21. The Balaban J connectivity index is 2.17. The fourth-order valence-corrected chi connectivity index (χ4v) is 4.53. The van der Waals surface area contributed by atoms with Crippen LogP contribution in [0.2, 0.25) is 0 Å². The molecule has 0 aliphatic carbocycles. The molecule has 0 fully saturated rings. The van der Waals surface area contributed by atoms with E-state index in [0.29, 0.717) is 0 Å². The van der Waals surface area contributed by atoms with Crippen LogP contribution in [0.25, 0.3) is 0 Å². The zero-order valence-corrected chi connectivity index (χ0v) is 12.2. The second kappa shape index (κ2) is 5.95. The van der Waals surface area contributed by atoms with E-state index in [4.69, 9.17) is 5.73 Å². The lowest BCUT2D eigenvalue weighted by Gasteiger charge is -2.19. The van der Waals surface area contributed by atoms with Crippen LogP contribution < -0.4 is 5.73 Å². The van der Waals surface area contributed by atoms with Gasteiger partial charge < -0.3 is 5.73 Å². The minimum Gasteiger partial charge on any atom is -0.326 e. The van der Waals surface area contributed by atoms with Crippen molar-refractivity contribution in [2.45, 2.75) is 35.9 Å². The average molecular weight is 285 g/mol. The van der Waals surface area contributed by atoms with Gasteiger partial charge in [-0.15, -0.1) is 11.3 Å². The molecule has 2 heterocycles. The number of nitrogens with two attached hydrogens (primary N) is 1. The molecular formula is C11H15N3S3. The highest BCUT2D eigenvalue weighted by molar-refractivity contribution is 8.01. The number of thiophene rings is 1. The summed E-state index contributed by atoms with van der Waals surface area (Å²) in [6.07, 6.45) is 0.966. The van der Waals surface area contributed by atoms with Crippen molar-refractivity contribution in [1.82, 2.24) is 9.36 Å². The second-order valence-corrected chi connectivity index (χ2v) is 6.85. The number of aromatic nitrogens is 2. The summed E-state index contributed by atoms with van der Waals surface area (Å²) in [6, 6.07) is 4.37. The largest absolute Gasteiger partial charge is 0.326 e. The van der Waals surface area contributed by atoms with Gasteiger partial charge in [0.15, 0.2) is 4.34 Å². The summed E-state index contributed by atoms with van der Waals surface area (Å²) in [5, 5.41) is 2.38. The standard InChI is InChI=1S/C11H15N3S3/c1-3-8(12)10(9-5-4-6-15-9)16-11-13-7(2)14-17-11/h4-6,8,10H,3,12H2,1-2H3. The Morgan fingerprint density at radius 3 is 2.88 bits per heavy atom. The highest BCUT2D eigenvalue weighted by atomic mass is 32.2. The lowest BCUT2D eigenvalue weighted by Crippen LogP contribution is -2.25. The maximum Gasteiger partial charge on any atom is 0.170 e. The van der Waals surface area contributed by atoms with Gasteiger partial charge in [-0.05, 0) is 36.3 Å². The molecule has 0 bridgehead atoms. The van der Waals surface area contributed by atoms with Crippen LogP contribution in [0, 0.1) is 6.92 Å². The van der Waals surface area contributed by atoms with Crippen molar-refractivity contribution in [1.29, 1.82) is 0 Å². The van der Waals surface area contributed by atoms with Crippen molar-refractivity contribution < 1.29 is 0 Å². The monoisotopic (exact) mass is 285 g/mol. The number of aryl methyl sites for hydroxylation is 1. The summed E-state index contributed by atoms with van der Waals surface area (Å²) in [4.78, 5) is 5.71. The summed E-state index contributed by atoms with van der Waals surface area (Å²) < 4.78 is 5.21. The number of hydrogen-bond acceptors (Lipinski definition) is 6. The smallest absolute Gasteiger partial charge is 0.170 e. The molecule has 0 aromatic carbocycles. The molecule has 0 amide bonds. The van der Waals surface area contributed by atoms with Crippen LogP contribution in [0.1, 0.15) is 29.3 Å². The normalized spacial score (nSPS) is 14.8. The minimum absolute atomic E-state index is 0.155. The van der Waals surface area contributed by atoms with Gasteiger partial charge in [-0.1, -0.05) is 24.8 Å². The molecule has 0 saturated carbocycles. The Bertz CT molecular complexity index is 452. The molecule has 0 radical (unpaired) electrons. The molecule has 2 unspecified atom stereocenters. The first-order chi connectivity index (χ1) is 8.20. The fraction of sp³-hybridized carbons (Fsp3) is 0.455. The Hall–Kier alpha value is -0.430. The van der Waals surface area contributed by atoms with Gasteiger partial charge in [0.05, 0.1) is 5.25 Å². The topological polar surface area (TPSA) is 51.8 Å². The molecule has 0 aliphatic rings. The molecule has 3 nitrogen and oxygen atoms in total. The molecule has 92 valence electrons. The fourth-order valence-electron chi connectivity index (χ4n) is 1.46. The van der Waals surface area contributed by atoms with E-state index in [-0.39, 0.29) is 11.3 Å². The van der Waals surface area contributed by atoms with E-state index in [0.717, 1.165) is 16.6 Å². The third-order valence-electron chi connectivity index (χ3n) is 2.42. The van der Waals surface area contributed by atoms with Crippen LogP contribution in [-0.2, 0) is 0 Å². The minimum atomic E-state index is 0.155. The lowest BCUT2D eigenvalue weighted by molar-refractivity contribution is 0.639. The Kier molecular flexibility index (Phi) is 4.55. The van der Waals surface area contributed by atoms with Crippen molar-refractivity contribution in [2.75, 3.05) is 0 Å². The van der Waals surface area contributed by atoms with E-state index < -0.39 is 0 Å². The van der Waals surface area contributed by atoms with Crippen molar-refractivity contribution in [3.05, 3.63) is 28.2 Å². The van der Waals surface area contributed by atoms with Gasteiger partial charge in [-0.3, -0.25) is 0 Å². The first-order valence-corrected chi connectivity index (χ1v) is 8.00. The molecule has 2 aromatic heterocycles. The Labute approximate surface area is 114 Å². The van der Waals surface area contributed by atoms with E-state index in [2.05, 4.69) is 33.8 Å². The summed E-state index contributed by atoms with van der Waals surface area (Å²) in [5.74, 6) is 0.840.